The lowest BCUT2D eigenvalue weighted by atomic mass is 9.96. The van der Waals surface area contributed by atoms with Crippen molar-refractivity contribution in [2.24, 2.45) is 5.41 Å². The summed E-state index contributed by atoms with van der Waals surface area (Å²) in [6, 6.07) is 7.04. The third kappa shape index (κ3) is 2.81. The van der Waals surface area contributed by atoms with Crippen LogP contribution in [0.2, 0.25) is 5.02 Å². The Morgan fingerprint density at radius 3 is 2.84 bits per heavy atom. The fourth-order valence-corrected chi connectivity index (χ4v) is 3.35. The van der Waals surface area contributed by atoms with Gasteiger partial charge in [0.25, 0.3) is 0 Å². The molecule has 2 N–H and O–H groups in total. The number of nitrogens with one attached hydrogen (secondary N) is 1. The highest BCUT2D eigenvalue weighted by atomic mass is 35.5. The lowest BCUT2D eigenvalue weighted by molar-refractivity contribution is 0.163. The molecule has 0 radical (unpaired) electrons. The summed E-state index contributed by atoms with van der Waals surface area (Å²) < 4.78 is 0. The van der Waals surface area contributed by atoms with Gasteiger partial charge in [-0.3, -0.25) is 0 Å². The van der Waals surface area contributed by atoms with Crippen LogP contribution in [-0.2, 0) is 0 Å². The van der Waals surface area contributed by atoms with Crippen molar-refractivity contribution in [1.82, 2.24) is 5.32 Å². The molecule has 1 aliphatic carbocycles. The second-order valence-electron chi connectivity index (χ2n) is 6.50. The van der Waals surface area contributed by atoms with E-state index in [9.17, 15) is 5.11 Å². The van der Waals surface area contributed by atoms with Crippen LogP contribution in [0.5, 0.6) is 0 Å². The number of aryl methyl sites for hydroxylation is 1. The molecule has 3 rings (SSSR count). The van der Waals surface area contributed by atoms with Crippen LogP contribution in [0, 0.1) is 12.3 Å². The van der Waals surface area contributed by atoms with Gasteiger partial charge in [0.05, 0.1) is 6.10 Å². The second kappa shape index (κ2) is 4.76. The van der Waals surface area contributed by atoms with Gasteiger partial charge in [0, 0.05) is 17.1 Å². The molecule has 3 atom stereocenters. The van der Waals surface area contributed by atoms with Crippen LogP contribution < -0.4 is 5.32 Å². The van der Waals surface area contributed by atoms with Crippen molar-refractivity contribution in [2.75, 3.05) is 0 Å². The van der Waals surface area contributed by atoms with E-state index < -0.39 is 0 Å². The van der Waals surface area contributed by atoms with E-state index in [1.165, 1.54) is 12.8 Å². The molecule has 1 aliphatic heterocycles. The van der Waals surface area contributed by atoms with Crippen molar-refractivity contribution in [1.29, 1.82) is 0 Å². The molecule has 2 nitrogen and oxygen atoms in total. The van der Waals surface area contributed by atoms with Gasteiger partial charge in [-0.15, -0.1) is 0 Å². The van der Waals surface area contributed by atoms with Crippen molar-refractivity contribution < 1.29 is 5.11 Å². The normalized spacial score (nSPS) is 29.1. The Morgan fingerprint density at radius 1 is 1.47 bits per heavy atom. The molecule has 0 amide bonds. The fourth-order valence-electron chi connectivity index (χ4n) is 3.13. The van der Waals surface area contributed by atoms with E-state index in [1.807, 2.05) is 25.1 Å². The van der Waals surface area contributed by atoms with Crippen molar-refractivity contribution >= 4 is 11.6 Å². The van der Waals surface area contributed by atoms with E-state index >= 15 is 0 Å². The minimum Gasteiger partial charge on any atom is -0.388 e. The highest BCUT2D eigenvalue weighted by molar-refractivity contribution is 6.30. The first-order chi connectivity index (χ1) is 8.99. The summed E-state index contributed by atoms with van der Waals surface area (Å²) in [6.07, 6.45) is 4.24. The topological polar surface area (TPSA) is 42.2 Å². The predicted octanol–water partition coefficient (Wildman–Crippen LogP) is 3.60. The van der Waals surface area contributed by atoms with E-state index in [4.69, 9.17) is 11.6 Å². The fraction of sp³-hybridized carbons (Fsp3) is 0.625. The molecule has 0 aromatic heterocycles. The molecule has 2 fully saturated rings. The van der Waals surface area contributed by atoms with Crippen molar-refractivity contribution in [3.05, 3.63) is 34.3 Å². The number of aliphatic hydroxyl groups excluding tert-OH is 1. The maximum Gasteiger partial charge on any atom is 0.0793 e. The highest BCUT2D eigenvalue weighted by Gasteiger charge is 2.55. The number of benzene rings is 1. The second-order valence-corrected chi connectivity index (χ2v) is 6.94. The van der Waals surface area contributed by atoms with Gasteiger partial charge in [-0.1, -0.05) is 24.6 Å². The lowest BCUT2D eigenvalue weighted by Gasteiger charge is -2.14. The molecular formula is C16H22ClNO. The molecule has 1 aromatic carbocycles. The molecule has 1 aromatic rings. The van der Waals surface area contributed by atoms with Crippen LogP contribution in [0.25, 0.3) is 0 Å². The zero-order chi connectivity index (χ0) is 13.6. The summed E-state index contributed by atoms with van der Waals surface area (Å²) in [5, 5.41) is 14.6. The molecule has 3 heteroatoms. The zero-order valence-corrected chi connectivity index (χ0v) is 12.4. The monoisotopic (exact) mass is 279 g/mol. The SMILES string of the molecule is Cc1cc(Cl)ccc1[C@H](O)CCC1NC1C1(C)CC1. The number of hydrogen-bond donors (Lipinski definition) is 2. The molecule has 1 saturated heterocycles. The first-order valence-electron chi connectivity index (χ1n) is 7.20. The van der Waals surface area contributed by atoms with Gasteiger partial charge in [-0.2, -0.15) is 0 Å². The zero-order valence-electron chi connectivity index (χ0n) is 11.6. The summed E-state index contributed by atoms with van der Waals surface area (Å²) in [6.45, 7) is 4.37. The maximum absolute atomic E-state index is 10.3. The molecule has 2 aliphatic rings. The van der Waals surface area contributed by atoms with Gasteiger partial charge in [-0.05, 0) is 61.3 Å². The summed E-state index contributed by atoms with van der Waals surface area (Å²) >= 11 is 5.94. The molecule has 1 heterocycles. The third-order valence-electron chi connectivity index (χ3n) is 4.82. The highest BCUT2D eigenvalue weighted by Crippen LogP contribution is 2.53. The van der Waals surface area contributed by atoms with Crippen LogP contribution >= 0.6 is 11.6 Å². The number of rotatable bonds is 5. The molecule has 2 unspecified atom stereocenters. The number of aliphatic hydroxyl groups is 1. The molecule has 0 spiro atoms. The summed E-state index contributed by atoms with van der Waals surface area (Å²) in [5.41, 5.74) is 2.65. The van der Waals surface area contributed by atoms with Crippen molar-refractivity contribution in [3.8, 4) is 0 Å². The molecule has 104 valence electrons. The largest absolute Gasteiger partial charge is 0.388 e. The van der Waals surface area contributed by atoms with E-state index in [0.717, 1.165) is 29.0 Å². The van der Waals surface area contributed by atoms with Crippen LogP contribution in [0.15, 0.2) is 18.2 Å². The summed E-state index contributed by atoms with van der Waals surface area (Å²) in [5.74, 6) is 0. The van der Waals surface area contributed by atoms with Gasteiger partial charge < -0.3 is 10.4 Å². The Balaban J connectivity index is 1.53. The predicted molar refractivity (Wildman–Crippen MR) is 78.4 cm³/mol. The average molecular weight is 280 g/mol. The Bertz CT molecular complexity index is 484. The van der Waals surface area contributed by atoms with Crippen molar-refractivity contribution in [3.63, 3.8) is 0 Å². The van der Waals surface area contributed by atoms with E-state index in [1.54, 1.807) is 0 Å². The average Bonchev–Trinajstić information content (AvgIpc) is 3.23. The van der Waals surface area contributed by atoms with Crippen LogP contribution in [0.4, 0.5) is 0 Å². The van der Waals surface area contributed by atoms with Crippen LogP contribution in [0.1, 0.15) is 49.8 Å². The van der Waals surface area contributed by atoms with Gasteiger partial charge in [0.1, 0.15) is 0 Å². The minimum atomic E-state index is -0.368. The Labute approximate surface area is 120 Å². The first-order valence-corrected chi connectivity index (χ1v) is 7.57. The van der Waals surface area contributed by atoms with Crippen LogP contribution in [0.3, 0.4) is 0 Å². The third-order valence-corrected chi connectivity index (χ3v) is 5.05. The Morgan fingerprint density at radius 2 is 2.21 bits per heavy atom. The number of halogens is 1. The van der Waals surface area contributed by atoms with Gasteiger partial charge in [0.15, 0.2) is 0 Å². The van der Waals surface area contributed by atoms with E-state index in [0.29, 0.717) is 17.5 Å². The molecule has 19 heavy (non-hydrogen) atoms. The molecule has 1 saturated carbocycles. The lowest BCUT2D eigenvalue weighted by Crippen LogP contribution is -2.09. The van der Waals surface area contributed by atoms with Gasteiger partial charge >= 0.3 is 0 Å². The summed E-state index contributed by atoms with van der Waals surface area (Å²) in [4.78, 5) is 0. The maximum atomic E-state index is 10.3. The van der Waals surface area contributed by atoms with Crippen molar-refractivity contribution in [2.45, 2.75) is 57.7 Å². The smallest absolute Gasteiger partial charge is 0.0793 e. The van der Waals surface area contributed by atoms with E-state index in [-0.39, 0.29) is 6.10 Å². The number of hydrogen-bond acceptors (Lipinski definition) is 2. The Kier molecular flexibility index (Phi) is 3.36. The van der Waals surface area contributed by atoms with Gasteiger partial charge in [-0.25, -0.2) is 0 Å². The summed E-state index contributed by atoms with van der Waals surface area (Å²) in [7, 11) is 0. The Hall–Kier alpha value is -0.570. The van der Waals surface area contributed by atoms with Crippen LogP contribution in [-0.4, -0.2) is 17.2 Å². The first kappa shape index (κ1) is 13.4. The standard InChI is InChI=1S/C16H22ClNO/c1-10-9-11(17)3-4-12(10)14(19)6-5-13-15(18-13)16(2)7-8-16/h3-4,9,13-15,18-19H,5-8H2,1-2H3/t13?,14-,15?/m1/s1. The molecular weight excluding hydrogens is 258 g/mol. The quantitative estimate of drug-likeness (QED) is 0.809. The van der Waals surface area contributed by atoms with E-state index in [2.05, 4.69) is 12.2 Å². The minimum absolute atomic E-state index is 0.368. The van der Waals surface area contributed by atoms with Gasteiger partial charge in [0.2, 0.25) is 0 Å². The molecule has 0 bridgehead atoms.